The molecule has 1 aromatic carbocycles. The number of hydrogen-bond donors (Lipinski definition) is 1. The quantitative estimate of drug-likeness (QED) is 0.773. The normalized spacial score (nSPS) is 14.1. The van der Waals surface area contributed by atoms with Crippen LogP contribution < -0.4 is 19.7 Å². The molecular weight excluding hydrogens is 358 g/mol. The van der Waals surface area contributed by atoms with E-state index in [2.05, 4.69) is 20.2 Å². The Labute approximate surface area is 156 Å². The van der Waals surface area contributed by atoms with Gasteiger partial charge in [-0.1, -0.05) is 11.6 Å². The molecule has 1 amide bonds. The molecule has 2 heterocycles. The summed E-state index contributed by atoms with van der Waals surface area (Å²) in [6, 6.07) is 5.30. The number of benzene rings is 1. The first-order chi connectivity index (χ1) is 12.6. The number of hydrogen-bond acceptors (Lipinski definition) is 7. The summed E-state index contributed by atoms with van der Waals surface area (Å²) in [6.45, 7) is 2.82. The Morgan fingerprint density at radius 2 is 1.81 bits per heavy atom. The van der Waals surface area contributed by atoms with Gasteiger partial charge in [0.05, 0.1) is 24.9 Å². The fourth-order valence-corrected chi connectivity index (χ4v) is 2.97. The van der Waals surface area contributed by atoms with Gasteiger partial charge >= 0.3 is 0 Å². The Morgan fingerprint density at radius 1 is 1.08 bits per heavy atom. The minimum absolute atomic E-state index is 0.464. The van der Waals surface area contributed by atoms with E-state index in [1.54, 1.807) is 31.3 Å². The van der Waals surface area contributed by atoms with Gasteiger partial charge in [0.15, 0.2) is 0 Å². The van der Waals surface area contributed by atoms with Gasteiger partial charge in [-0.25, -0.2) is 9.97 Å². The summed E-state index contributed by atoms with van der Waals surface area (Å²) in [7, 11) is 3.13. The number of halogens is 1. The molecule has 0 saturated carbocycles. The van der Waals surface area contributed by atoms with Gasteiger partial charge in [0.1, 0.15) is 29.5 Å². The Morgan fingerprint density at radius 3 is 2.46 bits per heavy atom. The zero-order valence-corrected chi connectivity index (χ0v) is 15.4. The summed E-state index contributed by atoms with van der Waals surface area (Å²) < 4.78 is 10.6. The van der Waals surface area contributed by atoms with Gasteiger partial charge in [0, 0.05) is 44.4 Å². The molecule has 9 heteroatoms. The lowest BCUT2D eigenvalue weighted by atomic mass is 10.2. The van der Waals surface area contributed by atoms with Gasteiger partial charge in [-0.2, -0.15) is 0 Å². The lowest BCUT2D eigenvalue weighted by Gasteiger charge is -2.33. The molecule has 0 atom stereocenters. The molecule has 26 heavy (non-hydrogen) atoms. The van der Waals surface area contributed by atoms with Crippen LogP contribution in [0.1, 0.15) is 0 Å². The Balaban J connectivity index is 1.80. The molecule has 1 saturated heterocycles. The Kier molecular flexibility index (Phi) is 5.62. The predicted octanol–water partition coefficient (Wildman–Crippen LogP) is 2.17. The molecule has 0 unspecified atom stereocenters. The number of ether oxygens (including phenoxy) is 2. The van der Waals surface area contributed by atoms with Crippen LogP contribution in [0.4, 0.5) is 17.3 Å². The van der Waals surface area contributed by atoms with Gasteiger partial charge in [-0.15, -0.1) is 0 Å². The molecule has 1 fully saturated rings. The fourth-order valence-electron chi connectivity index (χ4n) is 2.74. The highest BCUT2D eigenvalue weighted by molar-refractivity contribution is 6.32. The summed E-state index contributed by atoms with van der Waals surface area (Å²) >= 11 is 6.14. The number of piperazine rings is 1. The number of nitrogens with zero attached hydrogens (tertiary/aromatic N) is 4. The first-order valence-electron chi connectivity index (χ1n) is 8.09. The van der Waals surface area contributed by atoms with Crippen LogP contribution in [0.2, 0.25) is 5.02 Å². The van der Waals surface area contributed by atoms with Crippen LogP contribution in [0.15, 0.2) is 24.5 Å². The van der Waals surface area contributed by atoms with Crippen molar-refractivity contribution in [2.45, 2.75) is 0 Å². The second-order valence-corrected chi connectivity index (χ2v) is 6.11. The van der Waals surface area contributed by atoms with Crippen molar-refractivity contribution in [2.24, 2.45) is 0 Å². The summed E-state index contributed by atoms with van der Waals surface area (Å²) in [6.07, 6.45) is 2.38. The van der Waals surface area contributed by atoms with Crippen molar-refractivity contribution < 1.29 is 14.3 Å². The Hall–Kier alpha value is -2.74. The molecule has 138 valence electrons. The minimum atomic E-state index is 0.464. The van der Waals surface area contributed by atoms with Crippen LogP contribution >= 0.6 is 11.6 Å². The number of nitrogens with one attached hydrogen (secondary N) is 1. The third kappa shape index (κ3) is 3.91. The van der Waals surface area contributed by atoms with E-state index in [1.165, 1.54) is 6.33 Å². The maximum Gasteiger partial charge on any atom is 0.209 e. The SMILES string of the molecule is COc1cc(Nc2cc(N3CCN(C=O)CC3)ncn2)c(OC)cc1Cl. The van der Waals surface area contributed by atoms with Crippen LogP contribution in [0, 0.1) is 0 Å². The molecule has 3 rings (SSSR count). The molecule has 1 aromatic heterocycles. The van der Waals surface area contributed by atoms with E-state index in [4.69, 9.17) is 21.1 Å². The van der Waals surface area contributed by atoms with Crippen LogP contribution in [-0.2, 0) is 4.79 Å². The van der Waals surface area contributed by atoms with Crippen LogP contribution in [0.25, 0.3) is 0 Å². The highest BCUT2D eigenvalue weighted by atomic mass is 35.5. The topological polar surface area (TPSA) is 79.8 Å². The summed E-state index contributed by atoms with van der Waals surface area (Å²) in [5.74, 6) is 2.54. The number of methoxy groups -OCH3 is 2. The number of aromatic nitrogens is 2. The van der Waals surface area contributed by atoms with Gasteiger partial charge in [0.2, 0.25) is 6.41 Å². The van der Waals surface area contributed by atoms with Crippen molar-refractivity contribution in [2.75, 3.05) is 50.6 Å². The Bertz CT molecular complexity index is 781. The molecule has 1 aliphatic heterocycles. The van der Waals surface area contributed by atoms with Gasteiger partial charge < -0.3 is 24.6 Å². The molecule has 1 aliphatic rings. The molecule has 1 N–H and O–H groups in total. The molecule has 0 spiro atoms. The second-order valence-electron chi connectivity index (χ2n) is 5.70. The number of carbonyl (C=O) groups excluding carboxylic acids is 1. The highest BCUT2D eigenvalue weighted by Gasteiger charge is 2.17. The number of carbonyl (C=O) groups is 1. The van der Waals surface area contributed by atoms with Gasteiger partial charge in [-0.05, 0) is 0 Å². The van der Waals surface area contributed by atoms with E-state index in [0.29, 0.717) is 41.1 Å². The number of amides is 1. The maximum absolute atomic E-state index is 10.8. The first kappa shape index (κ1) is 18.1. The summed E-state index contributed by atoms with van der Waals surface area (Å²) in [4.78, 5) is 23.3. The average molecular weight is 378 g/mol. The van der Waals surface area contributed by atoms with Gasteiger partial charge in [0.25, 0.3) is 0 Å². The third-order valence-electron chi connectivity index (χ3n) is 4.18. The summed E-state index contributed by atoms with van der Waals surface area (Å²) in [5.41, 5.74) is 0.684. The molecule has 0 radical (unpaired) electrons. The van der Waals surface area contributed by atoms with Crippen molar-refractivity contribution in [1.29, 1.82) is 0 Å². The minimum Gasteiger partial charge on any atom is -0.495 e. The fraction of sp³-hybridized carbons (Fsp3) is 0.353. The predicted molar refractivity (Wildman–Crippen MR) is 99.7 cm³/mol. The number of rotatable bonds is 6. The van der Waals surface area contributed by atoms with E-state index >= 15 is 0 Å². The molecular formula is C17H20ClN5O3. The van der Waals surface area contributed by atoms with Crippen LogP contribution in [0.5, 0.6) is 11.5 Å². The van der Waals surface area contributed by atoms with E-state index < -0.39 is 0 Å². The highest BCUT2D eigenvalue weighted by Crippen LogP contribution is 2.37. The van der Waals surface area contributed by atoms with E-state index in [-0.39, 0.29) is 0 Å². The van der Waals surface area contributed by atoms with Crippen molar-refractivity contribution >= 4 is 35.3 Å². The van der Waals surface area contributed by atoms with E-state index in [9.17, 15) is 4.79 Å². The molecule has 2 aromatic rings. The molecule has 0 aliphatic carbocycles. The smallest absolute Gasteiger partial charge is 0.209 e. The number of anilines is 3. The van der Waals surface area contributed by atoms with Gasteiger partial charge in [-0.3, -0.25) is 4.79 Å². The summed E-state index contributed by atoms with van der Waals surface area (Å²) in [5, 5.41) is 3.68. The molecule has 0 bridgehead atoms. The van der Waals surface area contributed by atoms with Crippen molar-refractivity contribution in [3.05, 3.63) is 29.5 Å². The lowest BCUT2D eigenvalue weighted by molar-refractivity contribution is -0.118. The monoisotopic (exact) mass is 377 g/mol. The lowest BCUT2D eigenvalue weighted by Crippen LogP contribution is -2.46. The first-order valence-corrected chi connectivity index (χ1v) is 8.47. The van der Waals surface area contributed by atoms with Crippen molar-refractivity contribution in [1.82, 2.24) is 14.9 Å². The maximum atomic E-state index is 10.8. The van der Waals surface area contributed by atoms with E-state index in [1.807, 2.05) is 6.07 Å². The second kappa shape index (κ2) is 8.09. The zero-order chi connectivity index (χ0) is 18.5. The average Bonchev–Trinajstić information content (AvgIpc) is 2.69. The van der Waals surface area contributed by atoms with E-state index in [0.717, 1.165) is 25.3 Å². The largest absolute Gasteiger partial charge is 0.495 e. The molecule has 8 nitrogen and oxygen atoms in total. The van der Waals surface area contributed by atoms with Crippen LogP contribution in [-0.4, -0.2) is 61.7 Å². The van der Waals surface area contributed by atoms with Crippen molar-refractivity contribution in [3.63, 3.8) is 0 Å². The van der Waals surface area contributed by atoms with Crippen molar-refractivity contribution in [3.8, 4) is 11.5 Å². The van der Waals surface area contributed by atoms with Crippen LogP contribution in [0.3, 0.4) is 0 Å². The standard InChI is InChI=1S/C17H20ClN5O3/c1-25-14-8-13(15(26-2)7-12(14)18)21-16-9-17(20-10-19-16)23-5-3-22(11-24)4-6-23/h7-11H,3-6H2,1-2H3,(H,19,20,21). The zero-order valence-electron chi connectivity index (χ0n) is 14.6. The third-order valence-corrected chi connectivity index (χ3v) is 4.47.